The summed E-state index contributed by atoms with van der Waals surface area (Å²) in [4.78, 5) is 18.8. The third kappa shape index (κ3) is 3.70. The third-order valence-corrected chi connectivity index (χ3v) is 5.32. The summed E-state index contributed by atoms with van der Waals surface area (Å²) < 4.78 is 5.38. The van der Waals surface area contributed by atoms with Gasteiger partial charge in [0.2, 0.25) is 0 Å². The summed E-state index contributed by atoms with van der Waals surface area (Å²) in [6.07, 6.45) is 0.998. The first-order chi connectivity index (χ1) is 11.6. The van der Waals surface area contributed by atoms with E-state index in [0.29, 0.717) is 17.0 Å². The van der Waals surface area contributed by atoms with Crippen molar-refractivity contribution in [3.05, 3.63) is 39.4 Å². The predicted molar refractivity (Wildman–Crippen MR) is 95.4 cm³/mol. The third-order valence-electron chi connectivity index (χ3n) is 4.46. The molecule has 0 N–H and O–H groups in total. The van der Waals surface area contributed by atoms with Gasteiger partial charge in [-0.2, -0.15) is 0 Å². The molecule has 1 amide bonds. The number of aryl methyl sites for hydroxylation is 1. The van der Waals surface area contributed by atoms with Crippen molar-refractivity contribution in [1.82, 2.24) is 15.0 Å². The maximum absolute atomic E-state index is 13.0. The molecule has 1 fully saturated rings. The first kappa shape index (κ1) is 17.2. The molecule has 1 saturated heterocycles. The Morgan fingerprint density at radius 1 is 1.33 bits per heavy atom. The van der Waals surface area contributed by atoms with Gasteiger partial charge in [-0.05, 0) is 24.8 Å². The van der Waals surface area contributed by atoms with Crippen LogP contribution in [0.3, 0.4) is 0 Å². The molecule has 1 aliphatic rings. The van der Waals surface area contributed by atoms with Crippen LogP contribution in [0.15, 0.2) is 22.0 Å². The molecule has 0 spiro atoms. The number of hydrogen-bond donors (Lipinski definition) is 0. The number of hydrogen-bond acceptors (Lipinski definition) is 5. The fourth-order valence-electron chi connectivity index (χ4n) is 3.15. The summed E-state index contributed by atoms with van der Waals surface area (Å²) in [6.45, 7) is 10.4. The van der Waals surface area contributed by atoms with Gasteiger partial charge in [0, 0.05) is 43.5 Å². The van der Waals surface area contributed by atoms with E-state index in [1.165, 1.54) is 4.88 Å². The van der Waals surface area contributed by atoms with Crippen LogP contribution in [0.1, 0.15) is 52.9 Å². The van der Waals surface area contributed by atoms with E-state index < -0.39 is 0 Å². The number of rotatable bonds is 4. The Balaban J connectivity index is 1.67. The maximum Gasteiger partial charge on any atom is 0.259 e. The summed E-state index contributed by atoms with van der Waals surface area (Å²) in [5.74, 6) is 0.931. The standard InChI is InChI=1S/C18H25N3O2S/c1-13(2)17-16(14(3)19-23-17)18(22)21-8-5-7-20(9-10-21)12-15-6-4-11-24-15/h4,6,11,13H,5,7-10,12H2,1-3H3. The van der Waals surface area contributed by atoms with Crippen LogP contribution in [0.2, 0.25) is 0 Å². The molecule has 24 heavy (non-hydrogen) atoms. The summed E-state index contributed by atoms with van der Waals surface area (Å²) in [6, 6.07) is 4.27. The first-order valence-corrected chi connectivity index (χ1v) is 9.44. The fraction of sp³-hybridized carbons (Fsp3) is 0.556. The molecule has 2 aromatic rings. The second-order valence-corrected chi connectivity index (χ2v) is 7.70. The van der Waals surface area contributed by atoms with E-state index in [0.717, 1.165) is 39.1 Å². The van der Waals surface area contributed by atoms with Gasteiger partial charge in [0.25, 0.3) is 5.91 Å². The second kappa shape index (κ2) is 7.49. The minimum atomic E-state index is 0.0652. The highest BCUT2D eigenvalue weighted by atomic mass is 32.1. The zero-order valence-corrected chi connectivity index (χ0v) is 15.4. The maximum atomic E-state index is 13.0. The van der Waals surface area contributed by atoms with Crippen molar-refractivity contribution in [2.45, 2.75) is 39.7 Å². The van der Waals surface area contributed by atoms with Gasteiger partial charge in [0.05, 0.1) is 5.69 Å². The van der Waals surface area contributed by atoms with Crippen LogP contribution in [0.4, 0.5) is 0 Å². The van der Waals surface area contributed by atoms with E-state index in [1.807, 2.05) is 25.7 Å². The lowest BCUT2D eigenvalue weighted by Crippen LogP contribution is -2.35. The number of aromatic nitrogens is 1. The van der Waals surface area contributed by atoms with Crippen LogP contribution in [0, 0.1) is 6.92 Å². The van der Waals surface area contributed by atoms with Crippen molar-refractivity contribution in [1.29, 1.82) is 0 Å². The molecule has 0 atom stereocenters. The number of thiophene rings is 1. The Morgan fingerprint density at radius 2 is 2.17 bits per heavy atom. The van der Waals surface area contributed by atoms with Crippen molar-refractivity contribution in [3.63, 3.8) is 0 Å². The Bertz CT molecular complexity index is 679. The molecule has 0 aromatic carbocycles. The van der Waals surface area contributed by atoms with Crippen LogP contribution < -0.4 is 0 Å². The Labute approximate surface area is 147 Å². The SMILES string of the molecule is Cc1noc(C(C)C)c1C(=O)N1CCCN(Cc2cccs2)CC1. The average molecular weight is 347 g/mol. The van der Waals surface area contributed by atoms with Crippen molar-refractivity contribution in [2.24, 2.45) is 0 Å². The number of carbonyl (C=O) groups is 1. The smallest absolute Gasteiger partial charge is 0.259 e. The van der Waals surface area contributed by atoms with E-state index in [1.54, 1.807) is 11.3 Å². The highest BCUT2D eigenvalue weighted by Gasteiger charge is 2.28. The zero-order valence-electron chi connectivity index (χ0n) is 14.6. The van der Waals surface area contributed by atoms with E-state index in [-0.39, 0.29) is 11.8 Å². The molecule has 0 bridgehead atoms. The van der Waals surface area contributed by atoms with Gasteiger partial charge in [-0.15, -0.1) is 11.3 Å². The number of nitrogens with zero attached hydrogens (tertiary/aromatic N) is 3. The quantitative estimate of drug-likeness (QED) is 0.849. The first-order valence-electron chi connectivity index (χ1n) is 8.56. The molecule has 1 aliphatic heterocycles. The molecule has 130 valence electrons. The van der Waals surface area contributed by atoms with Crippen molar-refractivity contribution < 1.29 is 9.32 Å². The summed E-state index contributed by atoms with van der Waals surface area (Å²) >= 11 is 1.79. The normalized spacial score (nSPS) is 16.6. The van der Waals surface area contributed by atoms with E-state index in [9.17, 15) is 4.79 Å². The lowest BCUT2D eigenvalue weighted by atomic mass is 10.0. The minimum absolute atomic E-state index is 0.0652. The van der Waals surface area contributed by atoms with Gasteiger partial charge in [-0.1, -0.05) is 25.1 Å². The molecular weight excluding hydrogens is 322 g/mol. The molecule has 5 nitrogen and oxygen atoms in total. The van der Waals surface area contributed by atoms with E-state index in [4.69, 9.17) is 4.52 Å². The summed E-state index contributed by atoms with van der Waals surface area (Å²) in [7, 11) is 0. The molecular formula is C18H25N3O2S. The van der Waals surface area contributed by atoms with Gasteiger partial charge >= 0.3 is 0 Å². The molecule has 3 rings (SSSR count). The molecule has 0 unspecified atom stereocenters. The highest BCUT2D eigenvalue weighted by molar-refractivity contribution is 7.09. The Kier molecular flexibility index (Phi) is 5.36. The summed E-state index contributed by atoms with van der Waals surface area (Å²) in [5, 5.41) is 6.13. The molecule has 0 aliphatic carbocycles. The topological polar surface area (TPSA) is 49.6 Å². The van der Waals surface area contributed by atoms with Crippen LogP contribution >= 0.6 is 11.3 Å². The predicted octanol–water partition coefficient (Wildman–Crippen LogP) is 3.52. The van der Waals surface area contributed by atoms with Gasteiger partial charge < -0.3 is 9.42 Å². The highest BCUT2D eigenvalue weighted by Crippen LogP contribution is 2.24. The van der Waals surface area contributed by atoms with Gasteiger partial charge in [-0.3, -0.25) is 9.69 Å². The zero-order chi connectivity index (χ0) is 17.1. The van der Waals surface area contributed by atoms with Crippen LogP contribution in [-0.2, 0) is 6.54 Å². The van der Waals surface area contributed by atoms with Gasteiger partial charge in [0.1, 0.15) is 5.56 Å². The second-order valence-electron chi connectivity index (χ2n) is 6.66. The molecule has 0 saturated carbocycles. The average Bonchev–Trinajstić information content (AvgIpc) is 3.12. The lowest BCUT2D eigenvalue weighted by molar-refractivity contribution is 0.0757. The van der Waals surface area contributed by atoms with Crippen LogP contribution in [-0.4, -0.2) is 47.0 Å². The Morgan fingerprint density at radius 3 is 2.88 bits per heavy atom. The van der Waals surface area contributed by atoms with Gasteiger partial charge in [-0.25, -0.2) is 0 Å². The lowest BCUT2D eigenvalue weighted by Gasteiger charge is -2.22. The van der Waals surface area contributed by atoms with E-state index >= 15 is 0 Å². The molecule has 0 radical (unpaired) electrons. The van der Waals surface area contributed by atoms with Crippen LogP contribution in [0.25, 0.3) is 0 Å². The van der Waals surface area contributed by atoms with Gasteiger partial charge in [0.15, 0.2) is 5.76 Å². The summed E-state index contributed by atoms with van der Waals surface area (Å²) in [5.41, 5.74) is 1.36. The minimum Gasteiger partial charge on any atom is -0.360 e. The van der Waals surface area contributed by atoms with E-state index in [2.05, 4.69) is 27.6 Å². The van der Waals surface area contributed by atoms with Crippen molar-refractivity contribution >= 4 is 17.2 Å². The number of amides is 1. The van der Waals surface area contributed by atoms with Crippen molar-refractivity contribution in [3.8, 4) is 0 Å². The number of carbonyl (C=O) groups excluding carboxylic acids is 1. The fourth-order valence-corrected chi connectivity index (χ4v) is 3.90. The molecule has 6 heteroatoms. The van der Waals surface area contributed by atoms with Crippen molar-refractivity contribution in [2.75, 3.05) is 26.2 Å². The van der Waals surface area contributed by atoms with Crippen LogP contribution in [0.5, 0.6) is 0 Å². The monoisotopic (exact) mass is 347 g/mol. The largest absolute Gasteiger partial charge is 0.360 e. The molecule has 2 aromatic heterocycles. The molecule has 3 heterocycles. The Hall–Kier alpha value is -1.66.